The quantitative estimate of drug-likeness (QED) is 0.199. The van der Waals surface area contributed by atoms with Crippen LogP contribution >= 0.6 is 0 Å². The Morgan fingerprint density at radius 2 is 0.767 bits per heavy atom. The first-order chi connectivity index (χ1) is 19.7. The summed E-state index contributed by atoms with van der Waals surface area (Å²) in [4.78, 5) is 0. The molecule has 0 unspecified atom stereocenters. The summed E-state index contributed by atoms with van der Waals surface area (Å²) in [6.45, 7) is 2.81. The zero-order valence-corrected chi connectivity index (χ0v) is 22.1. The molecule has 0 amide bonds. The average molecular weight is 620 g/mol. The SMILES string of the molecule is Cc1ccc(C(c2ccc(-c3ccc(-c4ccc(C)cc4C(F)(F)F)c(C(F)(F)F)c3)cc2)(C(F)(F)F)C(F)(F)F)cc1. The molecule has 0 fully saturated rings. The average Bonchev–Trinajstić information content (AvgIpc) is 2.87. The van der Waals surface area contributed by atoms with E-state index >= 15 is 0 Å². The molecule has 0 aliphatic carbocycles. The molecule has 228 valence electrons. The summed E-state index contributed by atoms with van der Waals surface area (Å²) >= 11 is 0. The molecule has 12 heteroatoms. The van der Waals surface area contributed by atoms with Gasteiger partial charge in [0.1, 0.15) is 0 Å². The van der Waals surface area contributed by atoms with Crippen molar-refractivity contribution in [3.8, 4) is 22.3 Å². The second-order valence-corrected chi connectivity index (χ2v) is 9.99. The largest absolute Gasteiger partial charge is 0.417 e. The van der Waals surface area contributed by atoms with Gasteiger partial charge in [0.05, 0.1) is 11.1 Å². The van der Waals surface area contributed by atoms with Crippen molar-refractivity contribution in [2.24, 2.45) is 0 Å². The van der Waals surface area contributed by atoms with E-state index in [0.717, 1.165) is 42.5 Å². The van der Waals surface area contributed by atoms with Crippen molar-refractivity contribution in [1.29, 1.82) is 0 Å². The topological polar surface area (TPSA) is 0 Å². The van der Waals surface area contributed by atoms with Crippen molar-refractivity contribution in [3.05, 3.63) is 118 Å². The molecular formula is C31H20F12. The maximum atomic E-state index is 14.4. The second kappa shape index (κ2) is 10.6. The van der Waals surface area contributed by atoms with Gasteiger partial charge in [-0.3, -0.25) is 0 Å². The Hall–Kier alpha value is -3.96. The van der Waals surface area contributed by atoms with Crippen molar-refractivity contribution in [2.75, 3.05) is 0 Å². The molecule has 4 rings (SSSR count). The van der Waals surface area contributed by atoms with Gasteiger partial charge in [-0.15, -0.1) is 0 Å². The molecule has 0 spiro atoms. The standard InChI is InChI=1S/C31H20F12/c1-17-3-9-21(10-4-17)27(30(38,39)40,31(41,42)43)22-11-6-19(7-12-22)20-8-14-24(26(16-20)29(35,36)37)23-13-5-18(2)15-25(23)28(32,33)34/h3-16H,1-2H3. The van der Waals surface area contributed by atoms with Crippen LogP contribution in [0.4, 0.5) is 52.7 Å². The van der Waals surface area contributed by atoms with E-state index < -0.39 is 63.5 Å². The third-order valence-electron chi connectivity index (χ3n) is 7.08. The van der Waals surface area contributed by atoms with E-state index in [2.05, 4.69) is 0 Å². The van der Waals surface area contributed by atoms with Crippen molar-refractivity contribution in [1.82, 2.24) is 0 Å². The van der Waals surface area contributed by atoms with Crippen molar-refractivity contribution < 1.29 is 52.7 Å². The van der Waals surface area contributed by atoms with Crippen LogP contribution in [0.15, 0.2) is 84.9 Å². The lowest BCUT2D eigenvalue weighted by atomic mass is 9.72. The highest BCUT2D eigenvalue weighted by Gasteiger charge is 2.72. The maximum Gasteiger partial charge on any atom is 0.417 e. The molecular weight excluding hydrogens is 600 g/mol. The normalized spacial score (nSPS) is 13.3. The molecule has 0 saturated carbocycles. The molecule has 0 N–H and O–H groups in total. The first-order valence-corrected chi connectivity index (χ1v) is 12.4. The van der Waals surface area contributed by atoms with Crippen LogP contribution in [0.1, 0.15) is 33.4 Å². The summed E-state index contributed by atoms with van der Waals surface area (Å²) in [6, 6.07) is 11.4. The van der Waals surface area contributed by atoms with Crippen LogP contribution in [0, 0.1) is 13.8 Å². The van der Waals surface area contributed by atoms with Gasteiger partial charge in [0.25, 0.3) is 0 Å². The lowest BCUT2D eigenvalue weighted by Crippen LogP contribution is -2.54. The van der Waals surface area contributed by atoms with Gasteiger partial charge in [-0.25, -0.2) is 0 Å². The van der Waals surface area contributed by atoms with Crippen LogP contribution in [-0.2, 0) is 17.8 Å². The molecule has 0 heterocycles. The molecule has 0 aromatic heterocycles. The minimum atomic E-state index is -5.86. The lowest BCUT2D eigenvalue weighted by molar-refractivity contribution is -0.288. The van der Waals surface area contributed by atoms with E-state index in [1.165, 1.54) is 19.9 Å². The number of benzene rings is 4. The van der Waals surface area contributed by atoms with Gasteiger partial charge in [-0.2, -0.15) is 52.7 Å². The molecule has 0 radical (unpaired) electrons. The Labute approximate surface area is 237 Å². The van der Waals surface area contributed by atoms with Gasteiger partial charge in [0.15, 0.2) is 0 Å². The molecule has 0 saturated heterocycles. The van der Waals surface area contributed by atoms with Gasteiger partial charge >= 0.3 is 24.7 Å². The van der Waals surface area contributed by atoms with E-state index in [0.29, 0.717) is 42.0 Å². The first-order valence-electron chi connectivity index (χ1n) is 12.4. The minimum absolute atomic E-state index is 0.153. The van der Waals surface area contributed by atoms with Crippen LogP contribution in [0.5, 0.6) is 0 Å². The van der Waals surface area contributed by atoms with Crippen LogP contribution < -0.4 is 0 Å². The summed E-state index contributed by atoms with van der Waals surface area (Å²) < 4.78 is 170. The third kappa shape index (κ3) is 5.83. The predicted octanol–water partition coefficient (Wildman–Crippen LogP) is 11.1. The van der Waals surface area contributed by atoms with Crippen LogP contribution in [0.3, 0.4) is 0 Å². The van der Waals surface area contributed by atoms with Gasteiger partial charge < -0.3 is 0 Å². The van der Waals surface area contributed by atoms with Gasteiger partial charge in [-0.1, -0.05) is 83.9 Å². The Kier molecular flexibility index (Phi) is 7.91. The molecule has 43 heavy (non-hydrogen) atoms. The van der Waals surface area contributed by atoms with Gasteiger partial charge in [0, 0.05) is 0 Å². The number of hydrogen-bond acceptors (Lipinski definition) is 0. The van der Waals surface area contributed by atoms with Gasteiger partial charge in [-0.05, 0) is 59.4 Å². The number of halogens is 12. The van der Waals surface area contributed by atoms with Crippen molar-refractivity contribution in [2.45, 2.75) is 44.0 Å². The van der Waals surface area contributed by atoms with E-state index in [1.54, 1.807) is 0 Å². The highest BCUT2D eigenvalue weighted by molar-refractivity contribution is 5.77. The second-order valence-electron chi connectivity index (χ2n) is 9.99. The van der Waals surface area contributed by atoms with E-state index in [-0.39, 0.29) is 16.7 Å². The Morgan fingerprint density at radius 1 is 0.395 bits per heavy atom. The summed E-state index contributed by atoms with van der Waals surface area (Å²) in [5.41, 5.74) is -11.0. The fraction of sp³-hybridized carbons (Fsp3) is 0.226. The van der Waals surface area contributed by atoms with E-state index in [4.69, 9.17) is 0 Å². The van der Waals surface area contributed by atoms with Gasteiger partial charge in [0.2, 0.25) is 5.41 Å². The fourth-order valence-electron chi connectivity index (χ4n) is 5.02. The molecule has 0 aliphatic heterocycles. The fourth-order valence-corrected chi connectivity index (χ4v) is 5.02. The number of rotatable bonds is 4. The highest BCUT2D eigenvalue weighted by atomic mass is 19.4. The molecule has 4 aromatic carbocycles. The Balaban J connectivity index is 1.89. The molecule has 4 aromatic rings. The third-order valence-corrected chi connectivity index (χ3v) is 7.08. The van der Waals surface area contributed by atoms with Crippen LogP contribution in [0.25, 0.3) is 22.3 Å². The maximum absolute atomic E-state index is 14.4. The minimum Gasteiger partial charge on any atom is -0.169 e. The summed E-state index contributed by atoms with van der Waals surface area (Å²) in [6.07, 6.45) is -21.9. The monoisotopic (exact) mass is 620 g/mol. The van der Waals surface area contributed by atoms with Crippen molar-refractivity contribution >= 4 is 0 Å². The first kappa shape index (κ1) is 32.0. The van der Waals surface area contributed by atoms with E-state index in [1.807, 2.05) is 0 Å². The predicted molar refractivity (Wildman–Crippen MR) is 136 cm³/mol. The number of hydrogen-bond donors (Lipinski definition) is 0. The zero-order valence-electron chi connectivity index (χ0n) is 22.1. The summed E-state index contributed by atoms with van der Waals surface area (Å²) in [5, 5.41) is 0. The van der Waals surface area contributed by atoms with Crippen molar-refractivity contribution in [3.63, 3.8) is 0 Å². The summed E-state index contributed by atoms with van der Waals surface area (Å²) in [5.74, 6) is 0. The van der Waals surface area contributed by atoms with Crippen LogP contribution in [0.2, 0.25) is 0 Å². The molecule has 0 aliphatic rings. The highest BCUT2D eigenvalue weighted by Crippen LogP contribution is 2.56. The zero-order chi connectivity index (χ0) is 32.2. The van der Waals surface area contributed by atoms with Crippen LogP contribution in [-0.4, -0.2) is 12.4 Å². The van der Waals surface area contributed by atoms with E-state index in [9.17, 15) is 52.7 Å². The molecule has 0 atom stereocenters. The molecule has 0 bridgehead atoms. The molecule has 0 nitrogen and oxygen atoms in total. The Bertz CT molecular complexity index is 1590. The lowest BCUT2D eigenvalue weighted by Gasteiger charge is -2.38. The smallest absolute Gasteiger partial charge is 0.169 e. The number of alkyl halides is 12. The summed E-state index contributed by atoms with van der Waals surface area (Å²) in [7, 11) is 0. The number of aryl methyl sites for hydroxylation is 2. The Morgan fingerprint density at radius 3 is 1.21 bits per heavy atom.